The fraction of sp³-hybridized carbons (Fsp3) is 0.333. The average molecular weight is 327 g/mol. The molecular formula is C18H21N3O3. The van der Waals surface area contributed by atoms with Crippen molar-refractivity contribution in [3.63, 3.8) is 0 Å². The van der Waals surface area contributed by atoms with Gasteiger partial charge in [0.05, 0.1) is 11.9 Å². The molecule has 0 saturated heterocycles. The van der Waals surface area contributed by atoms with Crippen LogP contribution in [-0.4, -0.2) is 24.2 Å². The Morgan fingerprint density at radius 2 is 1.96 bits per heavy atom. The molecule has 6 nitrogen and oxygen atoms in total. The van der Waals surface area contributed by atoms with Crippen molar-refractivity contribution < 1.29 is 14.3 Å². The Hall–Kier alpha value is -2.76. The van der Waals surface area contributed by atoms with Gasteiger partial charge in [0, 0.05) is 18.3 Å². The molecule has 0 radical (unpaired) electrons. The van der Waals surface area contributed by atoms with Gasteiger partial charge in [0.1, 0.15) is 5.69 Å². The monoisotopic (exact) mass is 327 g/mol. The number of amides is 1. The number of pyridine rings is 1. The molecule has 1 aliphatic rings. The predicted molar refractivity (Wildman–Crippen MR) is 92.8 cm³/mol. The van der Waals surface area contributed by atoms with Crippen LogP contribution in [0.5, 0.6) is 11.5 Å². The number of hydrogen-bond donors (Lipinski definition) is 2. The van der Waals surface area contributed by atoms with Crippen LogP contribution in [0.15, 0.2) is 36.5 Å². The van der Waals surface area contributed by atoms with Crippen molar-refractivity contribution in [2.45, 2.75) is 26.2 Å². The maximum absolute atomic E-state index is 12.3. The first kappa shape index (κ1) is 16.1. The van der Waals surface area contributed by atoms with E-state index in [0.29, 0.717) is 22.9 Å². The summed E-state index contributed by atoms with van der Waals surface area (Å²) >= 11 is 0. The second-order valence-corrected chi connectivity index (χ2v) is 5.59. The topological polar surface area (TPSA) is 72.5 Å². The number of carbonyl (C=O) groups excluding carboxylic acids is 1. The van der Waals surface area contributed by atoms with Crippen LogP contribution < -0.4 is 20.1 Å². The van der Waals surface area contributed by atoms with E-state index in [1.807, 2.05) is 6.07 Å². The van der Waals surface area contributed by atoms with Crippen molar-refractivity contribution in [2.24, 2.45) is 0 Å². The standard InChI is InChI=1S/C18H21N3O3/c1-2-3-4-9-19-14-5-7-15(20-11-14)18(22)21-13-6-8-16-17(10-13)24-12-23-16/h5-8,10-11,19H,2-4,9,12H2,1H3,(H,21,22). The van der Waals surface area contributed by atoms with Gasteiger partial charge in [-0.3, -0.25) is 4.79 Å². The summed E-state index contributed by atoms with van der Waals surface area (Å²) < 4.78 is 10.5. The highest BCUT2D eigenvalue weighted by molar-refractivity contribution is 6.03. The van der Waals surface area contributed by atoms with Crippen molar-refractivity contribution in [3.05, 3.63) is 42.2 Å². The van der Waals surface area contributed by atoms with Gasteiger partial charge >= 0.3 is 0 Å². The van der Waals surface area contributed by atoms with Gasteiger partial charge < -0.3 is 20.1 Å². The Balaban J connectivity index is 1.57. The number of nitrogens with zero attached hydrogens (tertiary/aromatic N) is 1. The second-order valence-electron chi connectivity index (χ2n) is 5.59. The smallest absolute Gasteiger partial charge is 0.274 e. The highest BCUT2D eigenvalue weighted by atomic mass is 16.7. The summed E-state index contributed by atoms with van der Waals surface area (Å²) in [5.41, 5.74) is 1.94. The van der Waals surface area contributed by atoms with Gasteiger partial charge in [-0.05, 0) is 30.7 Å². The van der Waals surface area contributed by atoms with Crippen LogP contribution >= 0.6 is 0 Å². The third-order valence-electron chi connectivity index (χ3n) is 3.74. The van der Waals surface area contributed by atoms with Crippen LogP contribution in [0, 0.1) is 0 Å². The number of unbranched alkanes of at least 4 members (excludes halogenated alkanes) is 2. The van der Waals surface area contributed by atoms with Gasteiger partial charge in [-0.2, -0.15) is 0 Å². The lowest BCUT2D eigenvalue weighted by Gasteiger charge is -2.08. The molecule has 126 valence electrons. The number of carbonyl (C=O) groups is 1. The molecule has 24 heavy (non-hydrogen) atoms. The van der Waals surface area contributed by atoms with Gasteiger partial charge in [0.2, 0.25) is 6.79 Å². The van der Waals surface area contributed by atoms with Crippen molar-refractivity contribution in [3.8, 4) is 11.5 Å². The van der Waals surface area contributed by atoms with E-state index in [9.17, 15) is 4.79 Å². The van der Waals surface area contributed by atoms with Gasteiger partial charge in [-0.1, -0.05) is 19.8 Å². The van der Waals surface area contributed by atoms with Crippen molar-refractivity contribution in [1.82, 2.24) is 4.98 Å². The minimum Gasteiger partial charge on any atom is -0.454 e. The first-order valence-electron chi connectivity index (χ1n) is 8.17. The number of ether oxygens (including phenoxy) is 2. The normalized spacial score (nSPS) is 12.0. The minimum absolute atomic E-state index is 0.209. The number of rotatable bonds is 7. The number of fused-ring (bicyclic) bond motifs is 1. The zero-order chi connectivity index (χ0) is 16.8. The predicted octanol–water partition coefficient (Wildman–Crippen LogP) is 3.66. The van der Waals surface area contributed by atoms with Gasteiger partial charge in [-0.25, -0.2) is 4.98 Å². The summed E-state index contributed by atoms with van der Waals surface area (Å²) in [5.74, 6) is 1.06. The van der Waals surface area contributed by atoms with E-state index >= 15 is 0 Å². The van der Waals surface area contributed by atoms with E-state index in [4.69, 9.17) is 9.47 Å². The number of hydrogen-bond acceptors (Lipinski definition) is 5. The lowest BCUT2D eigenvalue weighted by Crippen LogP contribution is -2.13. The number of nitrogens with one attached hydrogen (secondary N) is 2. The first-order valence-corrected chi connectivity index (χ1v) is 8.17. The molecule has 1 aliphatic heterocycles. The van der Waals surface area contributed by atoms with Crippen molar-refractivity contribution >= 4 is 17.3 Å². The van der Waals surface area contributed by atoms with Gasteiger partial charge in [0.25, 0.3) is 5.91 Å². The molecule has 0 bridgehead atoms. The average Bonchev–Trinajstić information content (AvgIpc) is 3.07. The molecule has 0 aliphatic carbocycles. The molecule has 0 atom stereocenters. The van der Waals surface area contributed by atoms with E-state index in [-0.39, 0.29) is 12.7 Å². The minimum atomic E-state index is -0.258. The fourth-order valence-electron chi connectivity index (χ4n) is 2.41. The third kappa shape index (κ3) is 3.95. The van der Waals surface area contributed by atoms with Gasteiger partial charge in [0.15, 0.2) is 11.5 Å². The van der Waals surface area contributed by atoms with Gasteiger partial charge in [-0.15, -0.1) is 0 Å². The molecule has 1 aromatic heterocycles. The highest BCUT2D eigenvalue weighted by Crippen LogP contribution is 2.34. The second kappa shape index (κ2) is 7.68. The SMILES string of the molecule is CCCCCNc1ccc(C(=O)Nc2ccc3c(c2)OCO3)nc1. The number of benzene rings is 1. The molecule has 3 rings (SSSR count). The molecule has 2 N–H and O–H groups in total. The van der Waals surface area contributed by atoms with E-state index in [1.54, 1.807) is 30.5 Å². The summed E-state index contributed by atoms with van der Waals surface area (Å²) in [6, 6.07) is 8.87. The largest absolute Gasteiger partial charge is 0.454 e. The molecule has 0 spiro atoms. The summed E-state index contributed by atoms with van der Waals surface area (Å²) in [6.07, 6.45) is 5.21. The molecule has 2 aromatic rings. The Labute approximate surface area is 141 Å². The van der Waals surface area contributed by atoms with E-state index < -0.39 is 0 Å². The van der Waals surface area contributed by atoms with E-state index in [1.165, 1.54) is 12.8 Å². The Kier molecular flexibility index (Phi) is 5.15. The molecule has 0 fully saturated rings. The summed E-state index contributed by atoms with van der Waals surface area (Å²) in [4.78, 5) is 16.5. The zero-order valence-corrected chi connectivity index (χ0v) is 13.7. The highest BCUT2D eigenvalue weighted by Gasteiger charge is 2.15. The summed E-state index contributed by atoms with van der Waals surface area (Å²) in [6.45, 7) is 3.30. The number of anilines is 2. The molecule has 6 heteroatoms. The lowest BCUT2D eigenvalue weighted by atomic mass is 10.2. The maximum Gasteiger partial charge on any atom is 0.274 e. The van der Waals surface area contributed by atoms with Crippen LogP contribution in [0.4, 0.5) is 11.4 Å². The quantitative estimate of drug-likeness (QED) is 0.759. The fourth-order valence-corrected chi connectivity index (χ4v) is 2.41. The maximum atomic E-state index is 12.3. The van der Waals surface area contributed by atoms with E-state index in [0.717, 1.165) is 18.7 Å². The summed E-state index contributed by atoms with van der Waals surface area (Å²) in [5, 5.41) is 6.11. The molecule has 2 heterocycles. The van der Waals surface area contributed by atoms with Crippen molar-refractivity contribution in [2.75, 3.05) is 24.0 Å². The zero-order valence-electron chi connectivity index (χ0n) is 13.7. The van der Waals surface area contributed by atoms with Crippen molar-refractivity contribution in [1.29, 1.82) is 0 Å². The molecule has 1 amide bonds. The molecule has 0 unspecified atom stereocenters. The molecular weight excluding hydrogens is 306 g/mol. The molecule has 0 saturated carbocycles. The van der Waals surface area contributed by atoms with Crippen LogP contribution in [-0.2, 0) is 0 Å². The summed E-state index contributed by atoms with van der Waals surface area (Å²) in [7, 11) is 0. The Morgan fingerprint density at radius 3 is 2.75 bits per heavy atom. The van der Waals surface area contributed by atoms with Crippen LogP contribution in [0.1, 0.15) is 36.7 Å². The Bertz CT molecular complexity index is 701. The molecule has 1 aromatic carbocycles. The lowest BCUT2D eigenvalue weighted by molar-refractivity contribution is 0.102. The van der Waals surface area contributed by atoms with Crippen LogP contribution in [0.2, 0.25) is 0 Å². The number of aromatic nitrogens is 1. The third-order valence-corrected chi connectivity index (χ3v) is 3.74. The van der Waals surface area contributed by atoms with E-state index in [2.05, 4.69) is 22.5 Å². The van der Waals surface area contributed by atoms with Crippen LogP contribution in [0.25, 0.3) is 0 Å². The Morgan fingerprint density at radius 1 is 1.12 bits per heavy atom. The van der Waals surface area contributed by atoms with Crippen LogP contribution in [0.3, 0.4) is 0 Å². The first-order chi connectivity index (χ1) is 11.8.